The van der Waals surface area contributed by atoms with E-state index in [0.717, 1.165) is 29.3 Å². The van der Waals surface area contributed by atoms with Crippen LogP contribution in [-0.4, -0.2) is 45.3 Å². The lowest BCUT2D eigenvalue weighted by Crippen LogP contribution is -2.35. The molecular formula is C20H22F3N3O3S. The van der Waals surface area contributed by atoms with E-state index in [1.54, 1.807) is 18.2 Å². The van der Waals surface area contributed by atoms with Gasteiger partial charge in [0.05, 0.1) is 28.4 Å². The van der Waals surface area contributed by atoms with E-state index < -0.39 is 34.2 Å². The zero-order valence-electron chi connectivity index (χ0n) is 16.3. The van der Waals surface area contributed by atoms with E-state index in [4.69, 9.17) is 0 Å². The first-order valence-corrected chi connectivity index (χ1v) is 10.8. The number of sulfonamides is 1. The number of nitrogens with one attached hydrogen (secondary N) is 1. The molecule has 1 amide bonds. The van der Waals surface area contributed by atoms with Crippen molar-refractivity contribution in [2.75, 3.05) is 36.9 Å². The van der Waals surface area contributed by atoms with Crippen LogP contribution < -0.4 is 10.2 Å². The Balaban J connectivity index is 1.81. The van der Waals surface area contributed by atoms with Gasteiger partial charge in [0.1, 0.15) is 0 Å². The van der Waals surface area contributed by atoms with Crippen molar-refractivity contribution < 1.29 is 26.4 Å². The molecule has 0 spiro atoms. The molecule has 0 unspecified atom stereocenters. The Morgan fingerprint density at radius 3 is 2.33 bits per heavy atom. The molecule has 0 saturated carbocycles. The summed E-state index contributed by atoms with van der Waals surface area (Å²) in [5.41, 5.74) is -0.379. The number of alkyl halides is 3. The summed E-state index contributed by atoms with van der Waals surface area (Å²) in [4.78, 5) is 14.4. The Morgan fingerprint density at radius 1 is 1.10 bits per heavy atom. The molecule has 0 atom stereocenters. The normalized spacial score (nSPS) is 14.9. The lowest BCUT2D eigenvalue weighted by atomic mass is 10.1. The third-order valence-corrected chi connectivity index (χ3v) is 6.68. The average Bonchev–Trinajstić information content (AvgIpc) is 3.22. The number of hydrogen-bond donors (Lipinski definition) is 1. The molecule has 2 aromatic rings. The maximum absolute atomic E-state index is 13.2. The van der Waals surface area contributed by atoms with Gasteiger partial charge in [0, 0.05) is 20.1 Å². The predicted molar refractivity (Wildman–Crippen MR) is 108 cm³/mol. The summed E-state index contributed by atoms with van der Waals surface area (Å²) in [5.74, 6) is -0.725. The summed E-state index contributed by atoms with van der Waals surface area (Å²) in [7, 11) is -2.66. The number of rotatable bonds is 6. The number of benzene rings is 2. The Labute approximate surface area is 173 Å². The van der Waals surface area contributed by atoms with Gasteiger partial charge >= 0.3 is 6.18 Å². The molecule has 0 bridgehead atoms. The molecule has 6 nitrogen and oxygen atoms in total. The van der Waals surface area contributed by atoms with E-state index in [0.29, 0.717) is 18.8 Å². The molecule has 1 saturated heterocycles. The van der Waals surface area contributed by atoms with Gasteiger partial charge in [-0.05, 0) is 43.2 Å². The van der Waals surface area contributed by atoms with Crippen LogP contribution in [0.2, 0.25) is 0 Å². The zero-order valence-corrected chi connectivity index (χ0v) is 17.1. The van der Waals surface area contributed by atoms with E-state index in [1.807, 2.05) is 4.90 Å². The molecule has 3 rings (SSSR count). The Kier molecular flexibility index (Phi) is 6.37. The number of carbonyl (C=O) groups is 1. The first-order chi connectivity index (χ1) is 14.1. The summed E-state index contributed by atoms with van der Waals surface area (Å²) in [6, 6.07) is 10.8. The molecule has 10 heteroatoms. The van der Waals surface area contributed by atoms with E-state index in [9.17, 15) is 26.4 Å². The highest BCUT2D eigenvalue weighted by molar-refractivity contribution is 7.89. The smallest absolute Gasteiger partial charge is 0.370 e. The van der Waals surface area contributed by atoms with Crippen LogP contribution in [0.25, 0.3) is 0 Å². The molecule has 1 aliphatic heterocycles. The van der Waals surface area contributed by atoms with E-state index in [2.05, 4.69) is 5.32 Å². The molecule has 0 radical (unpaired) electrons. The van der Waals surface area contributed by atoms with Gasteiger partial charge in [-0.1, -0.05) is 18.2 Å². The van der Waals surface area contributed by atoms with Crippen LogP contribution in [0.4, 0.5) is 24.5 Å². The van der Waals surface area contributed by atoms with Crippen molar-refractivity contribution in [2.24, 2.45) is 0 Å². The van der Waals surface area contributed by atoms with E-state index in [-0.39, 0.29) is 10.6 Å². The molecule has 0 aliphatic carbocycles. The van der Waals surface area contributed by atoms with Gasteiger partial charge in [-0.2, -0.15) is 17.5 Å². The second-order valence-corrected chi connectivity index (χ2v) is 9.09. The summed E-state index contributed by atoms with van der Waals surface area (Å²) in [6.07, 6.45) is -2.74. The average molecular weight is 441 g/mol. The Hall–Kier alpha value is -2.59. The molecular weight excluding hydrogens is 419 g/mol. The quantitative estimate of drug-likeness (QED) is 0.744. The van der Waals surface area contributed by atoms with Crippen molar-refractivity contribution >= 4 is 27.3 Å². The SMILES string of the molecule is CN(CC(=O)Nc1cc(C(F)(F)F)ccc1N1CCCC1)S(=O)(=O)c1ccccc1. The van der Waals surface area contributed by atoms with E-state index in [1.165, 1.54) is 25.2 Å². The second-order valence-electron chi connectivity index (χ2n) is 7.05. The van der Waals surface area contributed by atoms with Gasteiger partial charge in [0.25, 0.3) is 0 Å². The summed E-state index contributed by atoms with van der Waals surface area (Å²) < 4.78 is 65.5. The highest BCUT2D eigenvalue weighted by Gasteiger charge is 2.32. The number of hydrogen-bond acceptors (Lipinski definition) is 4. The summed E-state index contributed by atoms with van der Waals surface area (Å²) >= 11 is 0. The fraction of sp³-hybridized carbons (Fsp3) is 0.350. The van der Waals surface area contributed by atoms with E-state index >= 15 is 0 Å². The highest BCUT2D eigenvalue weighted by Crippen LogP contribution is 2.36. The van der Waals surface area contributed by atoms with Crippen LogP contribution in [0.15, 0.2) is 53.4 Å². The third kappa shape index (κ3) is 4.93. The summed E-state index contributed by atoms with van der Waals surface area (Å²) in [5, 5.41) is 2.47. The largest absolute Gasteiger partial charge is 0.416 e. The number of nitrogens with zero attached hydrogens (tertiary/aromatic N) is 2. The molecule has 0 aromatic heterocycles. The van der Waals surface area contributed by atoms with Crippen molar-refractivity contribution in [3.63, 3.8) is 0 Å². The number of anilines is 2. The molecule has 162 valence electrons. The topological polar surface area (TPSA) is 69.7 Å². The first kappa shape index (κ1) is 22.1. The number of likely N-dealkylation sites (N-methyl/N-ethyl adjacent to an activating group) is 1. The van der Waals surface area contributed by atoms with Crippen LogP contribution in [0, 0.1) is 0 Å². The molecule has 1 fully saturated rings. The number of amides is 1. The number of halogens is 3. The molecule has 1 aliphatic rings. The molecule has 1 N–H and O–H groups in total. The van der Waals surface area contributed by atoms with Crippen molar-refractivity contribution in [3.8, 4) is 0 Å². The molecule has 1 heterocycles. The molecule has 30 heavy (non-hydrogen) atoms. The first-order valence-electron chi connectivity index (χ1n) is 9.36. The number of carbonyl (C=O) groups excluding carboxylic acids is 1. The van der Waals surface area contributed by atoms with Gasteiger partial charge in [-0.25, -0.2) is 8.42 Å². The van der Waals surface area contributed by atoms with Crippen molar-refractivity contribution in [3.05, 3.63) is 54.1 Å². The van der Waals surface area contributed by atoms with Gasteiger partial charge in [0.2, 0.25) is 15.9 Å². The van der Waals surface area contributed by atoms with Crippen molar-refractivity contribution in [2.45, 2.75) is 23.9 Å². The van der Waals surface area contributed by atoms with Gasteiger partial charge < -0.3 is 10.2 Å². The standard InChI is InChI=1S/C20H22F3N3O3S/c1-25(30(28,29)16-7-3-2-4-8-16)14-19(27)24-17-13-15(20(21,22)23)9-10-18(17)26-11-5-6-12-26/h2-4,7-10,13H,5-6,11-12,14H2,1H3,(H,24,27). The Morgan fingerprint density at radius 2 is 1.73 bits per heavy atom. The third-order valence-electron chi connectivity index (χ3n) is 4.86. The highest BCUT2D eigenvalue weighted by atomic mass is 32.2. The van der Waals surface area contributed by atoms with Crippen LogP contribution in [0.5, 0.6) is 0 Å². The monoisotopic (exact) mass is 441 g/mol. The fourth-order valence-corrected chi connectivity index (χ4v) is 4.44. The van der Waals surface area contributed by atoms with Crippen LogP contribution >= 0.6 is 0 Å². The van der Waals surface area contributed by atoms with Crippen LogP contribution in [0.3, 0.4) is 0 Å². The van der Waals surface area contributed by atoms with Gasteiger partial charge in [0.15, 0.2) is 0 Å². The van der Waals surface area contributed by atoms with Gasteiger partial charge in [-0.15, -0.1) is 0 Å². The second kappa shape index (κ2) is 8.65. The maximum Gasteiger partial charge on any atom is 0.416 e. The lowest BCUT2D eigenvalue weighted by Gasteiger charge is -2.23. The minimum absolute atomic E-state index is 0.0160. The van der Waals surface area contributed by atoms with Crippen molar-refractivity contribution in [1.82, 2.24) is 4.31 Å². The minimum atomic E-state index is -4.56. The summed E-state index contributed by atoms with van der Waals surface area (Å²) in [6.45, 7) is 0.819. The van der Waals surface area contributed by atoms with Crippen LogP contribution in [-0.2, 0) is 21.0 Å². The van der Waals surface area contributed by atoms with Gasteiger partial charge in [-0.3, -0.25) is 4.79 Å². The lowest BCUT2D eigenvalue weighted by molar-refractivity contribution is -0.137. The van der Waals surface area contributed by atoms with Crippen LogP contribution in [0.1, 0.15) is 18.4 Å². The fourth-order valence-electron chi connectivity index (χ4n) is 3.30. The van der Waals surface area contributed by atoms with Crippen molar-refractivity contribution in [1.29, 1.82) is 0 Å². The Bertz CT molecular complexity index is 1000. The maximum atomic E-state index is 13.2. The predicted octanol–water partition coefficient (Wildman–Crippen LogP) is 3.56. The zero-order chi connectivity index (χ0) is 21.9. The molecule has 2 aromatic carbocycles. The minimum Gasteiger partial charge on any atom is -0.370 e.